The van der Waals surface area contributed by atoms with Crippen LogP contribution in [0.3, 0.4) is 0 Å². The molecule has 1 aromatic heterocycles. The number of hydrogen-bond donors (Lipinski definition) is 2. The molecule has 0 aliphatic heterocycles. The highest BCUT2D eigenvalue weighted by Crippen LogP contribution is 2.28. The summed E-state index contributed by atoms with van der Waals surface area (Å²) in [4.78, 5) is 23.8. The standard InChI is InChI=1S/C21H23N3O4/c22-13-15-9-10-18(17(11-15)21(26)27)23-20(25)19-12-16(28-24-19)8-4-7-14-5-2-1-3-6-14/h9-12,14H,1-8H2,(H,23,25)(H,26,27). The Morgan fingerprint density at radius 2 is 2.04 bits per heavy atom. The van der Waals surface area contributed by atoms with Crippen molar-refractivity contribution in [3.05, 3.63) is 46.8 Å². The van der Waals surface area contributed by atoms with Gasteiger partial charge in [-0.1, -0.05) is 43.7 Å². The van der Waals surface area contributed by atoms with Gasteiger partial charge in [0.1, 0.15) is 5.76 Å². The van der Waals surface area contributed by atoms with Gasteiger partial charge in [0.2, 0.25) is 0 Å². The van der Waals surface area contributed by atoms with Gasteiger partial charge in [-0.3, -0.25) is 4.79 Å². The minimum Gasteiger partial charge on any atom is -0.478 e. The largest absolute Gasteiger partial charge is 0.478 e. The van der Waals surface area contributed by atoms with Crippen LogP contribution in [-0.4, -0.2) is 22.1 Å². The Morgan fingerprint density at radius 1 is 1.25 bits per heavy atom. The van der Waals surface area contributed by atoms with E-state index in [2.05, 4.69) is 10.5 Å². The van der Waals surface area contributed by atoms with Crippen molar-refractivity contribution in [3.63, 3.8) is 0 Å². The minimum atomic E-state index is -1.23. The lowest BCUT2D eigenvalue weighted by Crippen LogP contribution is -2.15. The van der Waals surface area contributed by atoms with Gasteiger partial charge < -0.3 is 14.9 Å². The molecule has 28 heavy (non-hydrogen) atoms. The van der Waals surface area contributed by atoms with Crippen molar-refractivity contribution in [1.29, 1.82) is 5.26 Å². The number of nitrogens with zero attached hydrogens (tertiary/aromatic N) is 2. The molecule has 0 atom stereocenters. The van der Waals surface area contributed by atoms with Crippen LogP contribution in [-0.2, 0) is 6.42 Å². The van der Waals surface area contributed by atoms with E-state index in [4.69, 9.17) is 9.78 Å². The quantitative estimate of drug-likeness (QED) is 0.734. The number of carboxylic acid groups (broad SMARTS) is 1. The van der Waals surface area contributed by atoms with E-state index in [9.17, 15) is 14.7 Å². The summed E-state index contributed by atoms with van der Waals surface area (Å²) in [5.41, 5.74) is 0.271. The summed E-state index contributed by atoms with van der Waals surface area (Å²) >= 11 is 0. The Morgan fingerprint density at radius 3 is 2.75 bits per heavy atom. The summed E-state index contributed by atoms with van der Waals surface area (Å²) in [6, 6.07) is 7.53. The fraction of sp³-hybridized carbons (Fsp3) is 0.429. The predicted molar refractivity (Wildman–Crippen MR) is 102 cm³/mol. The van der Waals surface area contributed by atoms with Gasteiger partial charge >= 0.3 is 5.97 Å². The predicted octanol–water partition coefficient (Wildman–Crippen LogP) is 4.40. The highest BCUT2D eigenvalue weighted by atomic mass is 16.5. The molecule has 1 amide bonds. The van der Waals surface area contributed by atoms with Crippen LogP contribution >= 0.6 is 0 Å². The van der Waals surface area contributed by atoms with Crippen LogP contribution in [0.2, 0.25) is 0 Å². The van der Waals surface area contributed by atoms with Crippen LogP contribution in [0.1, 0.15) is 77.1 Å². The van der Waals surface area contributed by atoms with Gasteiger partial charge in [0.25, 0.3) is 5.91 Å². The molecule has 2 N–H and O–H groups in total. The van der Waals surface area contributed by atoms with Crippen molar-refractivity contribution < 1.29 is 19.2 Å². The van der Waals surface area contributed by atoms with Crippen LogP contribution in [0.25, 0.3) is 0 Å². The molecule has 2 aromatic rings. The Labute approximate surface area is 163 Å². The fourth-order valence-electron chi connectivity index (χ4n) is 3.66. The number of amides is 1. The highest BCUT2D eigenvalue weighted by molar-refractivity contribution is 6.06. The van der Waals surface area contributed by atoms with Gasteiger partial charge in [-0.15, -0.1) is 0 Å². The second-order valence-electron chi connectivity index (χ2n) is 7.21. The van der Waals surface area contributed by atoms with Crippen molar-refractivity contribution in [2.24, 2.45) is 5.92 Å². The molecule has 0 radical (unpaired) electrons. The number of benzene rings is 1. The third-order valence-corrected chi connectivity index (χ3v) is 5.18. The first-order valence-corrected chi connectivity index (χ1v) is 9.61. The minimum absolute atomic E-state index is 0.105. The Balaban J connectivity index is 1.58. The van der Waals surface area contributed by atoms with E-state index in [1.807, 2.05) is 6.07 Å². The molecule has 1 saturated carbocycles. The topological polar surface area (TPSA) is 116 Å². The molecule has 3 rings (SSSR count). The third-order valence-electron chi connectivity index (χ3n) is 5.18. The van der Waals surface area contributed by atoms with Gasteiger partial charge in [-0.25, -0.2) is 4.79 Å². The average Bonchev–Trinajstić information content (AvgIpc) is 3.18. The lowest BCUT2D eigenvalue weighted by atomic mass is 9.86. The molecule has 0 spiro atoms. The number of aromatic carboxylic acids is 1. The summed E-state index contributed by atoms with van der Waals surface area (Å²) in [5.74, 6) is -0.324. The zero-order valence-corrected chi connectivity index (χ0v) is 15.6. The number of nitriles is 1. The number of carbonyl (C=O) groups is 2. The molecule has 1 heterocycles. The molecule has 1 fully saturated rings. The lowest BCUT2D eigenvalue weighted by molar-refractivity contribution is 0.0698. The molecule has 0 saturated heterocycles. The van der Waals surface area contributed by atoms with Gasteiger partial charge in [0, 0.05) is 12.5 Å². The summed E-state index contributed by atoms with van der Waals surface area (Å²) in [5, 5.41) is 24.5. The van der Waals surface area contributed by atoms with Crippen molar-refractivity contribution in [2.75, 3.05) is 5.32 Å². The first-order chi connectivity index (χ1) is 13.6. The number of carbonyl (C=O) groups excluding carboxylic acids is 1. The van der Waals surface area contributed by atoms with Gasteiger partial charge in [0.15, 0.2) is 5.69 Å². The van der Waals surface area contributed by atoms with Gasteiger partial charge in [-0.05, 0) is 30.5 Å². The molecule has 146 valence electrons. The molecular weight excluding hydrogens is 358 g/mol. The highest BCUT2D eigenvalue weighted by Gasteiger charge is 2.18. The summed E-state index contributed by atoms with van der Waals surface area (Å²) in [6.45, 7) is 0. The Kier molecular flexibility index (Phi) is 6.43. The van der Waals surface area contributed by atoms with Crippen LogP contribution in [0, 0.1) is 17.2 Å². The number of aromatic nitrogens is 1. The summed E-state index contributed by atoms with van der Waals surface area (Å²) < 4.78 is 5.26. The van der Waals surface area contributed by atoms with Crippen molar-refractivity contribution >= 4 is 17.6 Å². The number of nitrogens with one attached hydrogen (secondary N) is 1. The number of aryl methyl sites for hydroxylation is 1. The monoisotopic (exact) mass is 381 g/mol. The zero-order valence-electron chi connectivity index (χ0n) is 15.6. The summed E-state index contributed by atoms with van der Waals surface area (Å²) in [6.07, 6.45) is 9.50. The molecular formula is C21H23N3O4. The summed E-state index contributed by atoms with van der Waals surface area (Å²) in [7, 11) is 0. The van der Waals surface area contributed by atoms with Crippen molar-refractivity contribution in [2.45, 2.75) is 51.4 Å². The van der Waals surface area contributed by atoms with Gasteiger partial charge in [-0.2, -0.15) is 5.26 Å². The smallest absolute Gasteiger partial charge is 0.337 e. The zero-order chi connectivity index (χ0) is 19.9. The molecule has 1 aromatic carbocycles. The van der Waals surface area contributed by atoms with Crippen LogP contribution in [0.15, 0.2) is 28.8 Å². The molecule has 0 unspecified atom stereocenters. The van der Waals surface area contributed by atoms with E-state index in [0.29, 0.717) is 5.76 Å². The number of anilines is 1. The molecule has 1 aliphatic rings. The first-order valence-electron chi connectivity index (χ1n) is 9.61. The lowest BCUT2D eigenvalue weighted by Gasteiger charge is -2.20. The van der Waals surface area contributed by atoms with Crippen molar-refractivity contribution in [1.82, 2.24) is 5.16 Å². The van der Waals surface area contributed by atoms with E-state index >= 15 is 0 Å². The van der Waals surface area contributed by atoms with Crippen LogP contribution < -0.4 is 5.32 Å². The molecule has 7 heteroatoms. The second kappa shape index (κ2) is 9.18. The maximum Gasteiger partial charge on any atom is 0.337 e. The normalized spacial score (nSPS) is 14.4. The van der Waals surface area contributed by atoms with E-state index in [1.54, 1.807) is 6.07 Å². The van der Waals surface area contributed by atoms with Crippen molar-refractivity contribution in [3.8, 4) is 6.07 Å². The SMILES string of the molecule is N#Cc1ccc(NC(=O)c2cc(CCCC3CCCCC3)on2)c(C(=O)O)c1. The molecule has 1 aliphatic carbocycles. The Bertz CT molecular complexity index is 891. The van der Waals surface area contributed by atoms with E-state index in [0.717, 1.165) is 25.2 Å². The Hall–Kier alpha value is -3.14. The molecule has 0 bridgehead atoms. The van der Waals surface area contributed by atoms with Crippen LogP contribution in [0.4, 0.5) is 5.69 Å². The third kappa shape index (κ3) is 4.97. The molecule has 7 nitrogen and oxygen atoms in total. The number of rotatable bonds is 7. The van der Waals surface area contributed by atoms with Gasteiger partial charge in [0.05, 0.1) is 22.9 Å². The number of carboxylic acids is 1. The second-order valence-corrected chi connectivity index (χ2v) is 7.21. The fourth-order valence-corrected chi connectivity index (χ4v) is 3.66. The first kappa shape index (κ1) is 19.6. The van der Waals surface area contributed by atoms with Crippen LogP contribution in [0.5, 0.6) is 0 Å². The van der Waals surface area contributed by atoms with E-state index in [-0.39, 0.29) is 22.5 Å². The average molecular weight is 381 g/mol. The maximum atomic E-state index is 12.4. The van der Waals surface area contributed by atoms with E-state index in [1.165, 1.54) is 50.3 Å². The maximum absolute atomic E-state index is 12.4. The number of hydrogen-bond acceptors (Lipinski definition) is 5. The van der Waals surface area contributed by atoms with E-state index < -0.39 is 11.9 Å².